The minimum absolute atomic E-state index is 0.471. The predicted octanol–water partition coefficient (Wildman–Crippen LogP) is 2.78. The molecule has 0 spiro atoms. The van der Waals surface area contributed by atoms with E-state index in [2.05, 4.69) is 6.08 Å². The van der Waals surface area contributed by atoms with E-state index >= 15 is 0 Å². The van der Waals surface area contributed by atoms with Gasteiger partial charge >= 0.3 is 134 Å². The molecule has 0 N–H and O–H groups in total. The molecule has 1 fully saturated rings. The molecule has 3 rings (SSSR count). The molecule has 2 unspecified atom stereocenters. The maximum absolute atomic E-state index is 12.6. The Bertz CT molecular complexity index is 537. The summed E-state index contributed by atoms with van der Waals surface area (Å²) < 4.78 is 40.9. The van der Waals surface area contributed by atoms with Gasteiger partial charge in [0.05, 0.1) is 0 Å². The van der Waals surface area contributed by atoms with Gasteiger partial charge in [0.2, 0.25) is 0 Å². The van der Waals surface area contributed by atoms with E-state index in [1.54, 1.807) is 12.1 Å². The number of benzene rings is 1. The molecule has 0 saturated carbocycles. The fraction of sp³-hybridized carbons (Fsp3) is 0.579. The van der Waals surface area contributed by atoms with Crippen LogP contribution in [-0.4, -0.2) is 8.86 Å². The average Bonchev–Trinajstić information content (AvgIpc) is 2.84. The van der Waals surface area contributed by atoms with Crippen LogP contribution in [0.4, 0.5) is 13.2 Å². The van der Waals surface area contributed by atoms with Crippen LogP contribution in [0.25, 0.3) is 5.57 Å². The molecule has 0 amide bonds. The molecular formula is C19H23F3I-. The van der Waals surface area contributed by atoms with Crippen LogP contribution in [0, 0.1) is 11.8 Å². The van der Waals surface area contributed by atoms with Crippen molar-refractivity contribution in [2.24, 2.45) is 11.8 Å². The monoisotopic (exact) mass is 435 g/mol. The fourth-order valence-corrected chi connectivity index (χ4v) is 6.54. The van der Waals surface area contributed by atoms with E-state index in [4.69, 9.17) is 0 Å². The van der Waals surface area contributed by atoms with Crippen LogP contribution in [0.3, 0.4) is 0 Å². The predicted molar refractivity (Wildman–Crippen MR) is 83.8 cm³/mol. The summed E-state index contributed by atoms with van der Waals surface area (Å²) in [7, 11) is 0. The summed E-state index contributed by atoms with van der Waals surface area (Å²) in [5, 5.41) is 0. The van der Waals surface area contributed by atoms with E-state index in [0.717, 1.165) is 30.2 Å². The number of hydrogen-bond acceptors (Lipinski definition) is 0. The van der Waals surface area contributed by atoms with Crippen molar-refractivity contribution in [3.05, 3.63) is 41.5 Å². The summed E-state index contributed by atoms with van der Waals surface area (Å²) in [6.07, 6.45) is 5.61. The molecule has 23 heavy (non-hydrogen) atoms. The van der Waals surface area contributed by atoms with E-state index < -0.39 is 11.7 Å². The van der Waals surface area contributed by atoms with Crippen LogP contribution >= 0.6 is 0 Å². The van der Waals surface area contributed by atoms with Crippen LogP contribution < -0.4 is 21.2 Å². The molecular weight excluding hydrogens is 412 g/mol. The van der Waals surface area contributed by atoms with Gasteiger partial charge in [-0.05, 0) is 0 Å². The van der Waals surface area contributed by atoms with Crippen molar-refractivity contribution in [1.29, 1.82) is 0 Å². The van der Waals surface area contributed by atoms with Crippen molar-refractivity contribution >= 4 is 5.57 Å². The zero-order valence-electron chi connectivity index (χ0n) is 13.2. The van der Waals surface area contributed by atoms with Gasteiger partial charge in [0, 0.05) is 0 Å². The van der Waals surface area contributed by atoms with Gasteiger partial charge in [-0.15, -0.1) is 0 Å². The van der Waals surface area contributed by atoms with Crippen LogP contribution in [-0.2, 0) is 6.18 Å². The van der Waals surface area contributed by atoms with Gasteiger partial charge in [-0.1, -0.05) is 0 Å². The van der Waals surface area contributed by atoms with Gasteiger partial charge in [-0.25, -0.2) is 0 Å². The van der Waals surface area contributed by atoms with E-state index in [9.17, 15) is 13.2 Å². The number of rotatable bonds is 2. The zero-order chi connectivity index (χ0) is 16.3. The number of allylic oxidation sites excluding steroid dienone is 2. The van der Waals surface area contributed by atoms with E-state index in [-0.39, 0.29) is 0 Å². The minimum atomic E-state index is -4.24. The summed E-state index contributed by atoms with van der Waals surface area (Å²) in [5.74, 6) is 1.69. The first-order valence-electron chi connectivity index (χ1n) is 8.44. The third-order valence-electron chi connectivity index (χ3n) is 5.16. The summed E-state index contributed by atoms with van der Waals surface area (Å²) in [6, 6.07) is 5.67. The third-order valence-corrected chi connectivity index (χ3v) is 8.07. The van der Waals surface area contributed by atoms with Crippen molar-refractivity contribution in [3.8, 4) is 0 Å². The molecule has 1 saturated heterocycles. The molecule has 0 nitrogen and oxygen atoms in total. The quantitative estimate of drug-likeness (QED) is 0.495. The third kappa shape index (κ3) is 4.52. The maximum atomic E-state index is 12.6. The molecule has 0 aromatic heterocycles. The Morgan fingerprint density at radius 1 is 0.913 bits per heavy atom. The molecule has 1 heterocycles. The van der Waals surface area contributed by atoms with E-state index in [1.807, 2.05) is 0 Å². The molecule has 0 bridgehead atoms. The second-order valence-electron chi connectivity index (χ2n) is 6.60. The van der Waals surface area contributed by atoms with Crippen molar-refractivity contribution < 1.29 is 34.4 Å². The topological polar surface area (TPSA) is 0 Å². The average molecular weight is 435 g/mol. The summed E-state index contributed by atoms with van der Waals surface area (Å²) in [5.41, 5.74) is 1.64. The Morgan fingerprint density at radius 3 is 2.35 bits per heavy atom. The fourth-order valence-electron chi connectivity index (χ4n) is 3.78. The van der Waals surface area contributed by atoms with Gasteiger partial charge in [0.15, 0.2) is 0 Å². The molecule has 4 heteroatoms. The van der Waals surface area contributed by atoms with Crippen LogP contribution in [0.5, 0.6) is 0 Å². The molecule has 1 aliphatic carbocycles. The van der Waals surface area contributed by atoms with Crippen LogP contribution in [0.1, 0.15) is 49.7 Å². The first kappa shape index (κ1) is 17.3. The van der Waals surface area contributed by atoms with Gasteiger partial charge < -0.3 is 0 Å². The van der Waals surface area contributed by atoms with Crippen molar-refractivity contribution in [3.63, 3.8) is 0 Å². The van der Waals surface area contributed by atoms with Crippen LogP contribution in [0.2, 0.25) is 0 Å². The zero-order valence-corrected chi connectivity index (χ0v) is 15.4. The normalized spacial score (nSPS) is 26.8. The van der Waals surface area contributed by atoms with E-state index in [1.165, 1.54) is 52.2 Å². The number of hydrogen-bond donors (Lipinski definition) is 0. The standard InChI is InChI=1S/C19H23F3I/c20-19(21,22)18-9-7-17(8-10-18)16-5-3-15(4-6-16)14-2-1-12-23-13-11-14/h5,7-10,14-15H,1-4,6,11-13H2/q-1. The van der Waals surface area contributed by atoms with Crippen molar-refractivity contribution in [2.75, 3.05) is 8.86 Å². The first-order chi connectivity index (χ1) is 11.0. The van der Waals surface area contributed by atoms with Gasteiger partial charge in [0.25, 0.3) is 0 Å². The molecule has 128 valence electrons. The van der Waals surface area contributed by atoms with Gasteiger partial charge in [0.1, 0.15) is 0 Å². The summed E-state index contributed by atoms with van der Waals surface area (Å²) in [4.78, 5) is 0. The van der Waals surface area contributed by atoms with Crippen molar-refractivity contribution in [1.82, 2.24) is 0 Å². The first-order valence-corrected chi connectivity index (χ1v) is 11.5. The summed E-state index contributed by atoms with van der Waals surface area (Å²) in [6.45, 7) is 0. The van der Waals surface area contributed by atoms with Gasteiger partial charge in [-0.3, -0.25) is 0 Å². The second kappa shape index (κ2) is 7.58. The molecule has 2 aliphatic rings. The van der Waals surface area contributed by atoms with Crippen LogP contribution in [0.15, 0.2) is 30.3 Å². The Kier molecular flexibility index (Phi) is 5.70. The number of alkyl halides is 5. The second-order valence-corrected chi connectivity index (χ2v) is 9.83. The summed E-state index contributed by atoms with van der Waals surface area (Å²) >= 11 is 0.471. The Balaban J connectivity index is 1.64. The van der Waals surface area contributed by atoms with Gasteiger partial charge in [-0.2, -0.15) is 13.2 Å². The Labute approximate surface area is 146 Å². The molecule has 1 aromatic rings. The Morgan fingerprint density at radius 2 is 1.70 bits per heavy atom. The number of halogens is 4. The van der Waals surface area contributed by atoms with E-state index in [0.29, 0.717) is 21.2 Å². The molecule has 2 atom stereocenters. The molecule has 1 aliphatic heterocycles. The SMILES string of the molecule is FC(F)(F)c1ccc(C2=CCC(C3CCC[I-]CC3)CC2)cc1. The van der Waals surface area contributed by atoms with Crippen molar-refractivity contribution in [2.45, 2.75) is 44.7 Å². The molecule has 0 radical (unpaired) electrons. The molecule has 1 aromatic carbocycles. The Hall–Kier alpha value is -0.520.